The van der Waals surface area contributed by atoms with Crippen LogP contribution in [-0.4, -0.2) is 34.3 Å². The van der Waals surface area contributed by atoms with Gasteiger partial charge in [0.25, 0.3) is 0 Å². The molecule has 1 unspecified atom stereocenters. The van der Waals surface area contributed by atoms with Gasteiger partial charge in [-0.3, -0.25) is 0 Å². The standard InChI is InChI=1S/C12H21N5O/c1-2-4-10-14-11(16-13)7-12(15-10)17-6-3-5-9(17)8-18/h7,9,18H,2-6,8,13H2,1H3,(H,14,15,16). The average molecular weight is 251 g/mol. The van der Waals surface area contributed by atoms with Gasteiger partial charge in [0.1, 0.15) is 17.5 Å². The molecule has 6 heteroatoms. The van der Waals surface area contributed by atoms with Crippen LogP contribution < -0.4 is 16.2 Å². The number of aliphatic hydroxyl groups excluding tert-OH is 1. The second-order valence-corrected chi connectivity index (χ2v) is 4.59. The Balaban J connectivity index is 2.27. The Labute approximate surface area is 107 Å². The van der Waals surface area contributed by atoms with E-state index >= 15 is 0 Å². The van der Waals surface area contributed by atoms with Crippen molar-refractivity contribution < 1.29 is 5.11 Å². The predicted molar refractivity (Wildman–Crippen MR) is 71.3 cm³/mol. The molecule has 18 heavy (non-hydrogen) atoms. The lowest BCUT2D eigenvalue weighted by Gasteiger charge is -2.24. The van der Waals surface area contributed by atoms with Gasteiger partial charge in [-0.15, -0.1) is 0 Å². The molecule has 1 aliphatic heterocycles. The molecule has 1 aliphatic rings. The van der Waals surface area contributed by atoms with Crippen molar-refractivity contribution in [3.63, 3.8) is 0 Å². The summed E-state index contributed by atoms with van der Waals surface area (Å²) in [6.45, 7) is 3.19. The number of hydrogen-bond donors (Lipinski definition) is 3. The second-order valence-electron chi connectivity index (χ2n) is 4.59. The van der Waals surface area contributed by atoms with Crippen molar-refractivity contribution in [1.29, 1.82) is 0 Å². The van der Waals surface area contributed by atoms with Crippen LogP contribution in [0.25, 0.3) is 0 Å². The molecule has 0 aromatic carbocycles. The molecule has 1 saturated heterocycles. The van der Waals surface area contributed by atoms with E-state index in [4.69, 9.17) is 5.84 Å². The molecular formula is C12H21N5O. The van der Waals surface area contributed by atoms with Crippen LogP contribution in [0, 0.1) is 0 Å². The summed E-state index contributed by atoms with van der Waals surface area (Å²) >= 11 is 0. The molecule has 2 rings (SSSR count). The number of nitrogens with one attached hydrogen (secondary N) is 1. The fraction of sp³-hybridized carbons (Fsp3) is 0.667. The van der Waals surface area contributed by atoms with Crippen LogP contribution in [0.1, 0.15) is 32.0 Å². The minimum atomic E-state index is 0.165. The predicted octanol–water partition coefficient (Wildman–Crippen LogP) is 0.676. The smallest absolute Gasteiger partial charge is 0.145 e. The summed E-state index contributed by atoms with van der Waals surface area (Å²) in [6, 6.07) is 2.01. The molecule has 1 aromatic rings. The van der Waals surface area contributed by atoms with Crippen LogP contribution >= 0.6 is 0 Å². The minimum Gasteiger partial charge on any atom is -0.394 e. The zero-order chi connectivity index (χ0) is 13.0. The van der Waals surface area contributed by atoms with E-state index in [0.29, 0.717) is 5.82 Å². The molecule has 0 bridgehead atoms. The Hall–Kier alpha value is -1.40. The monoisotopic (exact) mass is 251 g/mol. The topological polar surface area (TPSA) is 87.3 Å². The average Bonchev–Trinajstić information content (AvgIpc) is 2.87. The van der Waals surface area contributed by atoms with E-state index in [1.54, 1.807) is 0 Å². The van der Waals surface area contributed by atoms with Crippen LogP contribution in [0.5, 0.6) is 0 Å². The number of nitrogens with zero attached hydrogens (tertiary/aromatic N) is 3. The summed E-state index contributed by atoms with van der Waals surface area (Å²) in [6.07, 6.45) is 3.93. The molecule has 0 saturated carbocycles. The van der Waals surface area contributed by atoms with Gasteiger partial charge in [-0.2, -0.15) is 0 Å². The highest BCUT2D eigenvalue weighted by molar-refractivity contribution is 5.50. The van der Waals surface area contributed by atoms with Gasteiger partial charge in [-0.25, -0.2) is 15.8 Å². The zero-order valence-corrected chi connectivity index (χ0v) is 10.8. The minimum absolute atomic E-state index is 0.165. The van der Waals surface area contributed by atoms with Gasteiger partial charge in [0.05, 0.1) is 12.6 Å². The molecule has 0 radical (unpaired) electrons. The van der Waals surface area contributed by atoms with Gasteiger partial charge in [0, 0.05) is 19.0 Å². The normalized spacial score (nSPS) is 19.3. The first-order valence-electron chi connectivity index (χ1n) is 6.50. The quantitative estimate of drug-likeness (QED) is 0.527. The molecule has 4 N–H and O–H groups in total. The van der Waals surface area contributed by atoms with E-state index in [1.807, 2.05) is 6.07 Å². The Morgan fingerprint density at radius 1 is 1.56 bits per heavy atom. The number of anilines is 2. The lowest BCUT2D eigenvalue weighted by atomic mass is 10.2. The van der Waals surface area contributed by atoms with Crippen LogP contribution in [0.3, 0.4) is 0 Å². The van der Waals surface area contributed by atoms with Gasteiger partial charge in [-0.1, -0.05) is 6.92 Å². The fourth-order valence-electron chi connectivity index (χ4n) is 2.37. The lowest BCUT2D eigenvalue weighted by Crippen LogP contribution is -2.33. The van der Waals surface area contributed by atoms with E-state index in [2.05, 4.69) is 27.2 Å². The third kappa shape index (κ3) is 2.70. The first-order chi connectivity index (χ1) is 8.78. The lowest BCUT2D eigenvalue weighted by molar-refractivity contribution is 0.266. The first kappa shape index (κ1) is 13.0. The van der Waals surface area contributed by atoms with E-state index in [0.717, 1.165) is 43.9 Å². The number of hydrogen-bond acceptors (Lipinski definition) is 6. The Morgan fingerprint density at radius 2 is 2.39 bits per heavy atom. The molecule has 1 aromatic heterocycles. The maximum absolute atomic E-state index is 9.37. The van der Waals surface area contributed by atoms with Gasteiger partial charge >= 0.3 is 0 Å². The highest BCUT2D eigenvalue weighted by Gasteiger charge is 2.25. The summed E-state index contributed by atoms with van der Waals surface area (Å²) in [5.74, 6) is 7.73. The third-order valence-electron chi connectivity index (χ3n) is 3.26. The number of aromatic nitrogens is 2. The van der Waals surface area contributed by atoms with Crippen molar-refractivity contribution in [3.05, 3.63) is 11.9 Å². The number of rotatable bonds is 5. The van der Waals surface area contributed by atoms with Crippen molar-refractivity contribution in [2.45, 2.75) is 38.6 Å². The van der Waals surface area contributed by atoms with E-state index in [-0.39, 0.29) is 12.6 Å². The van der Waals surface area contributed by atoms with Gasteiger partial charge in [0.2, 0.25) is 0 Å². The summed E-state index contributed by atoms with van der Waals surface area (Å²) in [5, 5.41) is 9.37. The van der Waals surface area contributed by atoms with Gasteiger partial charge in [0.15, 0.2) is 0 Å². The van der Waals surface area contributed by atoms with Crippen LogP contribution in [0.15, 0.2) is 6.07 Å². The number of hydrazine groups is 1. The molecule has 2 heterocycles. The molecule has 0 aliphatic carbocycles. The Bertz CT molecular complexity index is 398. The second kappa shape index (κ2) is 5.97. The van der Waals surface area contributed by atoms with Crippen molar-refractivity contribution >= 4 is 11.6 Å². The Morgan fingerprint density at radius 3 is 3.06 bits per heavy atom. The van der Waals surface area contributed by atoms with Crippen molar-refractivity contribution in [2.75, 3.05) is 23.5 Å². The summed E-state index contributed by atoms with van der Waals surface area (Å²) in [5.41, 5.74) is 2.58. The maximum atomic E-state index is 9.37. The number of aryl methyl sites for hydroxylation is 1. The van der Waals surface area contributed by atoms with E-state index in [9.17, 15) is 5.11 Å². The Kier molecular flexibility index (Phi) is 4.33. The molecule has 6 nitrogen and oxygen atoms in total. The highest BCUT2D eigenvalue weighted by Crippen LogP contribution is 2.25. The number of nitrogens with two attached hydrogens (primary N) is 1. The maximum Gasteiger partial charge on any atom is 0.145 e. The molecule has 1 fully saturated rings. The van der Waals surface area contributed by atoms with Gasteiger partial charge in [-0.05, 0) is 19.3 Å². The highest BCUT2D eigenvalue weighted by atomic mass is 16.3. The van der Waals surface area contributed by atoms with Crippen LogP contribution in [0.2, 0.25) is 0 Å². The molecule has 0 amide bonds. The van der Waals surface area contributed by atoms with Crippen molar-refractivity contribution in [3.8, 4) is 0 Å². The van der Waals surface area contributed by atoms with Crippen molar-refractivity contribution in [2.24, 2.45) is 5.84 Å². The van der Waals surface area contributed by atoms with Crippen LogP contribution in [0.4, 0.5) is 11.6 Å². The van der Waals surface area contributed by atoms with Crippen molar-refractivity contribution in [1.82, 2.24) is 9.97 Å². The molecular weight excluding hydrogens is 230 g/mol. The number of nitrogen functional groups attached to an aromatic ring is 1. The van der Waals surface area contributed by atoms with E-state index in [1.165, 1.54) is 0 Å². The SMILES string of the molecule is CCCc1nc(NN)cc(N2CCCC2CO)n1. The summed E-state index contributed by atoms with van der Waals surface area (Å²) < 4.78 is 0. The van der Waals surface area contributed by atoms with E-state index < -0.39 is 0 Å². The largest absolute Gasteiger partial charge is 0.394 e. The first-order valence-corrected chi connectivity index (χ1v) is 6.50. The number of aliphatic hydroxyl groups is 1. The molecule has 0 spiro atoms. The molecule has 1 atom stereocenters. The summed E-state index contributed by atoms with van der Waals surface area (Å²) in [4.78, 5) is 11.0. The van der Waals surface area contributed by atoms with Crippen LogP contribution in [-0.2, 0) is 6.42 Å². The zero-order valence-electron chi connectivity index (χ0n) is 10.8. The molecule has 100 valence electrons. The summed E-state index contributed by atoms with van der Waals surface area (Å²) in [7, 11) is 0. The fourth-order valence-corrected chi connectivity index (χ4v) is 2.37. The third-order valence-corrected chi connectivity index (χ3v) is 3.26. The van der Waals surface area contributed by atoms with Gasteiger partial charge < -0.3 is 15.4 Å².